The largest absolute Gasteiger partial charge is 0.497 e. The van der Waals surface area contributed by atoms with Crippen LogP contribution in [0.4, 0.5) is 6.01 Å². The van der Waals surface area contributed by atoms with E-state index in [0.717, 1.165) is 0 Å². The van der Waals surface area contributed by atoms with Crippen molar-refractivity contribution >= 4 is 23.6 Å². The summed E-state index contributed by atoms with van der Waals surface area (Å²) in [7, 11) is 4.37. The molecule has 1 atom stereocenters. The number of benzene rings is 2. The molecule has 0 saturated heterocycles. The summed E-state index contributed by atoms with van der Waals surface area (Å²) in [5.41, 5.74) is 7.04. The Morgan fingerprint density at radius 3 is 2.23 bits per heavy atom. The van der Waals surface area contributed by atoms with E-state index in [-0.39, 0.29) is 28.4 Å². The van der Waals surface area contributed by atoms with Crippen LogP contribution in [0.5, 0.6) is 11.5 Å². The van der Waals surface area contributed by atoms with Gasteiger partial charge in [-0.05, 0) is 41.5 Å². The Bertz CT molecular complexity index is 1590. The minimum atomic E-state index is -0.760. The van der Waals surface area contributed by atoms with Gasteiger partial charge in [-0.3, -0.25) is 0 Å². The highest BCUT2D eigenvalue weighted by atomic mass is 16.5. The molecule has 0 radical (unpaired) electrons. The van der Waals surface area contributed by atoms with Crippen molar-refractivity contribution in [2.75, 3.05) is 27.1 Å². The zero-order chi connectivity index (χ0) is 24.7. The first-order chi connectivity index (χ1) is 16.9. The Hall–Kier alpha value is -4.73. The van der Waals surface area contributed by atoms with Crippen LogP contribution in [0.15, 0.2) is 62.2 Å². The number of methoxy groups -OCH3 is 3. The van der Waals surface area contributed by atoms with Crippen molar-refractivity contribution in [3.8, 4) is 17.4 Å². The van der Waals surface area contributed by atoms with Crippen molar-refractivity contribution in [2.45, 2.75) is 5.92 Å². The Kier molecular flexibility index (Phi) is 5.40. The molecular formula is C25H21N3O7. The highest BCUT2D eigenvalue weighted by Gasteiger charge is 2.39. The first-order valence-corrected chi connectivity index (χ1v) is 10.6. The van der Waals surface area contributed by atoms with Gasteiger partial charge in [0.2, 0.25) is 11.4 Å². The Morgan fingerprint density at radius 2 is 1.63 bits per heavy atom. The van der Waals surface area contributed by atoms with Crippen LogP contribution < -0.4 is 31.7 Å². The maximum atomic E-state index is 13.0. The minimum absolute atomic E-state index is 0.0221. The zero-order valence-electron chi connectivity index (χ0n) is 19.1. The molecule has 0 unspecified atom stereocenters. The molecule has 10 heteroatoms. The quantitative estimate of drug-likeness (QED) is 0.424. The van der Waals surface area contributed by atoms with E-state index < -0.39 is 17.5 Å². The molecule has 0 saturated carbocycles. The second kappa shape index (κ2) is 8.56. The molecule has 1 aliphatic rings. The average molecular weight is 475 g/mol. The van der Waals surface area contributed by atoms with Crippen molar-refractivity contribution in [2.24, 2.45) is 0 Å². The summed E-state index contributed by atoms with van der Waals surface area (Å²) in [5.74, 6) is 0.0348. The summed E-state index contributed by atoms with van der Waals surface area (Å²) in [5, 5.41) is 0.122. The third kappa shape index (κ3) is 3.65. The number of carbonyl (C=O) groups excluding carboxylic acids is 1. The second-order valence-electron chi connectivity index (χ2n) is 7.69. The number of nitrogens with two attached hydrogens (primary N) is 1. The first kappa shape index (κ1) is 22.1. The van der Waals surface area contributed by atoms with Gasteiger partial charge in [-0.25, -0.2) is 14.2 Å². The van der Waals surface area contributed by atoms with Gasteiger partial charge in [-0.2, -0.15) is 4.98 Å². The van der Waals surface area contributed by atoms with Crippen LogP contribution in [-0.4, -0.2) is 36.8 Å². The SMILES string of the molecule is COC(=O)C1=c2oc(=O)/c(=C\c3ccc(OC)cc3)n2-c2oc(N)nc2[C@H]1c1ccc(OC)cc1. The highest BCUT2D eigenvalue weighted by molar-refractivity contribution is 6.12. The summed E-state index contributed by atoms with van der Waals surface area (Å²) in [6.45, 7) is 0. The van der Waals surface area contributed by atoms with Gasteiger partial charge in [0.15, 0.2) is 0 Å². The fourth-order valence-electron chi connectivity index (χ4n) is 4.13. The van der Waals surface area contributed by atoms with E-state index in [4.69, 9.17) is 28.8 Å². The van der Waals surface area contributed by atoms with E-state index >= 15 is 0 Å². The van der Waals surface area contributed by atoms with Crippen LogP contribution in [0.3, 0.4) is 0 Å². The third-order valence-corrected chi connectivity index (χ3v) is 5.76. The summed E-state index contributed by atoms with van der Waals surface area (Å²) < 4.78 is 28.2. The molecule has 0 bridgehead atoms. The molecule has 2 aromatic carbocycles. The van der Waals surface area contributed by atoms with Crippen molar-refractivity contribution in [3.63, 3.8) is 0 Å². The van der Waals surface area contributed by atoms with Gasteiger partial charge < -0.3 is 28.8 Å². The molecule has 3 heterocycles. The maximum absolute atomic E-state index is 13.0. The number of anilines is 1. The van der Waals surface area contributed by atoms with E-state index in [1.54, 1.807) is 68.8 Å². The van der Waals surface area contributed by atoms with E-state index in [9.17, 15) is 9.59 Å². The van der Waals surface area contributed by atoms with Gasteiger partial charge in [-0.15, -0.1) is 0 Å². The number of aromatic nitrogens is 2. The molecule has 5 rings (SSSR count). The van der Waals surface area contributed by atoms with Crippen LogP contribution in [0.1, 0.15) is 22.7 Å². The molecule has 0 fully saturated rings. The molecular weight excluding hydrogens is 454 g/mol. The Labute approximate surface area is 198 Å². The zero-order valence-corrected chi connectivity index (χ0v) is 19.1. The van der Waals surface area contributed by atoms with Crippen molar-refractivity contribution in [3.05, 3.63) is 86.7 Å². The van der Waals surface area contributed by atoms with Crippen LogP contribution in [0.2, 0.25) is 0 Å². The van der Waals surface area contributed by atoms with Crippen molar-refractivity contribution in [1.29, 1.82) is 0 Å². The number of nitrogens with zero attached hydrogens (tertiary/aromatic N) is 2. The molecule has 178 valence electrons. The smallest absolute Gasteiger partial charge is 0.362 e. The molecule has 0 amide bonds. The molecule has 0 aliphatic carbocycles. The number of hydrogen-bond acceptors (Lipinski definition) is 9. The van der Waals surface area contributed by atoms with Crippen LogP contribution in [0, 0.1) is 0 Å². The normalized spacial score (nSPS) is 14.9. The van der Waals surface area contributed by atoms with Gasteiger partial charge >= 0.3 is 11.6 Å². The van der Waals surface area contributed by atoms with E-state index in [1.807, 2.05) is 0 Å². The number of rotatable bonds is 5. The van der Waals surface area contributed by atoms with Gasteiger partial charge in [0.25, 0.3) is 6.01 Å². The lowest BCUT2D eigenvalue weighted by molar-refractivity contribution is -0.134. The fraction of sp³-hybridized carbons (Fsp3) is 0.160. The maximum Gasteiger partial charge on any atom is 0.362 e. The molecule has 2 aromatic heterocycles. The predicted molar refractivity (Wildman–Crippen MR) is 125 cm³/mol. The molecule has 10 nitrogen and oxygen atoms in total. The average Bonchev–Trinajstić information content (AvgIpc) is 3.42. The van der Waals surface area contributed by atoms with Gasteiger partial charge in [-0.1, -0.05) is 24.3 Å². The summed E-state index contributed by atoms with van der Waals surface area (Å²) in [6.07, 6.45) is 1.61. The molecule has 2 N–H and O–H groups in total. The molecule has 0 spiro atoms. The van der Waals surface area contributed by atoms with Crippen LogP contribution in [0.25, 0.3) is 17.5 Å². The second-order valence-corrected chi connectivity index (χ2v) is 7.69. The monoisotopic (exact) mass is 475 g/mol. The van der Waals surface area contributed by atoms with Crippen molar-refractivity contribution < 1.29 is 27.8 Å². The van der Waals surface area contributed by atoms with E-state index in [1.165, 1.54) is 11.7 Å². The Morgan fingerprint density at radius 1 is 1.00 bits per heavy atom. The lowest BCUT2D eigenvalue weighted by Gasteiger charge is -2.21. The predicted octanol–water partition coefficient (Wildman–Crippen LogP) is 1.32. The van der Waals surface area contributed by atoms with Crippen LogP contribution >= 0.6 is 0 Å². The molecule has 1 aliphatic heterocycles. The topological polar surface area (TPSA) is 132 Å². The van der Waals surface area contributed by atoms with Gasteiger partial charge in [0, 0.05) is 0 Å². The van der Waals surface area contributed by atoms with E-state index in [0.29, 0.717) is 28.3 Å². The number of hydrogen-bond donors (Lipinski definition) is 1. The fourth-order valence-corrected chi connectivity index (χ4v) is 4.13. The summed E-state index contributed by atoms with van der Waals surface area (Å²) >= 11 is 0. The number of nitrogen functional groups attached to an aromatic ring is 1. The van der Waals surface area contributed by atoms with Crippen LogP contribution in [-0.2, 0) is 9.53 Å². The number of carbonyl (C=O) groups is 1. The lowest BCUT2D eigenvalue weighted by Crippen LogP contribution is -2.37. The number of esters is 1. The summed E-state index contributed by atoms with van der Waals surface area (Å²) in [4.78, 5) is 30.4. The van der Waals surface area contributed by atoms with Crippen molar-refractivity contribution in [1.82, 2.24) is 9.55 Å². The third-order valence-electron chi connectivity index (χ3n) is 5.76. The number of ether oxygens (including phenoxy) is 3. The van der Waals surface area contributed by atoms with E-state index in [2.05, 4.69) is 4.98 Å². The lowest BCUT2D eigenvalue weighted by atomic mass is 9.87. The Balaban J connectivity index is 1.84. The summed E-state index contributed by atoms with van der Waals surface area (Å²) in [6, 6.07) is 14.0. The number of oxazole rings is 2. The first-order valence-electron chi connectivity index (χ1n) is 10.6. The molecule has 4 aromatic rings. The highest BCUT2D eigenvalue weighted by Crippen LogP contribution is 2.39. The minimum Gasteiger partial charge on any atom is -0.497 e. The van der Waals surface area contributed by atoms with Gasteiger partial charge in [0.05, 0.1) is 27.2 Å². The molecule has 35 heavy (non-hydrogen) atoms. The standard InChI is InChI=1S/C25H21N3O7/c1-31-15-8-4-13(5-9-15)12-17-23(29)34-21-19(24(30)33-3)18(14-6-10-16(32-2)11-7-14)20-22(28(17)21)35-25(26)27-20/h4-12,18H,1-3H3,(H2,26,27)/b17-12+/t18-/m0/s1. The number of fused-ring (bicyclic) bond motifs is 3. The van der Waals surface area contributed by atoms with Gasteiger partial charge in [0.1, 0.15) is 28.1 Å².